The molecule has 22 heteroatoms. The summed E-state index contributed by atoms with van der Waals surface area (Å²) < 4.78 is 49.0. The van der Waals surface area contributed by atoms with E-state index >= 15 is 0 Å². The van der Waals surface area contributed by atoms with Crippen molar-refractivity contribution < 1.29 is 109 Å². The quantitative estimate of drug-likeness (QED) is 0.0661. The van der Waals surface area contributed by atoms with E-state index in [0.717, 1.165) is 24.8 Å². The molecule has 4 saturated carbocycles. The highest BCUT2D eigenvalue weighted by Crippen LogP contribution is 2.76. The average Bonchev–Trinajstić information content (AvgIpc) is 3.66. The molecule has 434 valence electrons. The Bertz CT molecular complexity index is 1960. The summed E-state index contributed by atoms with van der Waals surface area (Å²) in [5.41, 5.74) is -4.07. The van der Waals surface area contributed by atoms with Crippen molar-refractivity contribution in [2.75, 3.05) is 26.4 Å². The van der Waals surface area contributed by atoms with Gasteiger partial charge in [0.25, 0.3) is 0 Å². The fourth-order valence-electron chi connectivity index (χ4n) is 15.9. The number of hydrogen-bond acceptors (Lipinski definition) is 22. The van der Waals surface area contributed by atoms with Crippen LogP contribution in [0.5, 0.6) is 0 Å². The van der Waals surface area contributed by atoms with Crippen molar-refractivity contribution in [1.29, 1.82) is 0 Å². The molecule has 0 aromatic rings. The van der Waals surface area contributed by atoms with E-state index in [-0.39, 0.29) is 41.4 Å². The standard InChI is InChI=1S/C53H90O22/c1-24(2)10-9-15-52(66,23-69-45-40(64)38(62)35(59)27(20-54)71-45)53(67)19-18-51(8)31(53)12-11-30-49(6)16-14-32(48(4,5)29(49)13-17-50(30,51)7)73-47-43(75-46-41(65)37(61)33(57)25(3)70-46)42(36(60)28(21-55)72-47)74-44-39(63)34(58)26(56)22-68-44/h10,25-47,54-67H,9,11-23H2,1-8H3. The maximum atomic E-state index is 13.2. The monoisotopic (exact) mass is 1080 g/mol. The molecule has 4 saturated heterocycles. The third-order valence-electron chi connectivity index (χ3n) is 20.6. The maximum absolute atomic E-state index is 13.2. The van der Waals surface area contributed by atoms with E-state index in [0.29, 0.717) is 32.1 Å². The largest absolute Gasteiger partial charge is 0.394 e. The van der Waals surface area contributed by atoms with Crippen molar-refractivity contribution in [2.45, 2.75) is 254 Å². The lowest BCUT2D eigenvalue weighted by Gasteiger charge is -2.70. The van der Waals surface area contributed by atoms with Crippen LogP contribution in [0.25, 0.3) is 0 Å². The predicted molar refractivity (Wildman–Crippen MR) is 260 cm³/mol. The first-order valence-electron chi connectivity index (χ1n) is 27.3. The first-order chi connectivity index (χ1) is 35.0. The van der Waals surface area contributed by atoms with Crippen LogP contribution >= 0.6 is 0 Å². The number of ether oxygens (including phenoxy) is 8. The lowest BCUT2D eigenvalue weighted by molar-refractivity contribution is -0.395. The molecular formula is C53H90O22. The van der Waals surface area contributed by atoms with Gasteiger partial charge in [-0.15, -0.1) is 0 Å². The molecule has 22 nitrogen and oxygen atoms in total. The van der Waals surface area contributed by atoms with Gasteiger partial charge in [-0.25, -0.2) is 0 Å². The van der Waals surface area contributed by atoms with Crippen molar-refractivity contribution in [3.8, 4) is 0 Å². The fraction of sp³-hybridized carbons (Fsp3) is 0.962. The Morgan fingerprint density at radius 1 is 0.587 bits per heavy atom. The fourth-order valence-corrected chi connectivity index (χ4v) is 15.9. The zero-order valence-corrected chi connectivity index (χ0v) is 44.8. The summed E-state index contributed by atoms with van der Waals surface area (Å²) in [7, 11) is 0. The van der Waals surface area contributed by atoms with Crippen LogP contribution in [0, 0.1) is 39.4 Å². The molecule has 8 rings (SSSR count). The second-order valence-corrected chi connectivity index (χ2v) is 25.2. The molecule has 4 aliphatic carbocycles. The Labute approximate surface area is 439 Å². The molecule has 8 fully saturated rings. The highest BCUT2D eigenvalue weighted by Gasteiger charge is 2.74. The van der Waals surface area contributed by atoms with Crippen molar-refractivity contribution in [3.63, 3.8) is 0 Å². The SMILES string of the molecule is CC(C)=CCCC(O)(COC1OC(CO)C(O)C(O)C1O)C1(O)CCC2(C)C1CCC1C3(C)CCC(OC4OC(CO)C(O)C(OC5OCC(O)C(O)C5O)C4OC4OC(C)C(O)C(O)C4O)C(C)(C)C3CCC12C. The van der Waals surface area contributed by atoms with Crippen LogP contribution in [0.4, 0.5) is 0 Å². The van der Waals surface area contributed by atoms with Crippen molar-refractivity contribution in [2.24, 2.45) is 39.4 Å². The van der Waals surface area contributed by atoms with E-state index in [9.17, 15) is 71.5 Å². The normalized spacial score (nSPS) is 52.7. The number of fused-ring (bicyclic) bond motifs is 5. The smallest absolute Gasteiger partial charge is 0.187 e. The number of allylic oxidation sites excluding steroid dienone is 2. The van der Waals surface area contributed by atoms with Gasteiger partial charge in [-0.2, -0.15) is 0 Å². The summed E-state index contributed by atoms with van der Waals surface area (Å²) in [6.45, 7) is 14.4. The topological polar surface area (TPSA) is 357 Å². The van der Waals surface area contributed by atoms with Gasteiger partial charge >= 0.3 is 0 Å². The van der Waals surface area contributed by atoms with Crippen LogP contribution < -0.4 is 0 Å². The second-order valence-electron chi connectivity index (χ2n) is 25.2. The van der Waals surface area contributed by atoms with E-state index in [4.69, 9.17) is 37.9 Å². The molecule has 0 aromatic heterocycles. The van der Waals surface area contributed by atoms with Crippen LogP contribution in [0.3, 0.4) is 0 Å². The van der Waals surface area contributed by atoms with Crippen LogP contribution in [-0.2, 0) is 37.9 Å². The van der Waals surface area contributed by atoms with Gasteiger partial charge in [0.15, 0.2) is 25.2 Å². The van der Waals surface area contributed by atoms with Gasteiger partial charge in [0.1, 0.15) is 91.1 Å². The summed E-state index contributed by atoms with van der Waals surface area (Å²) in [4.78, 5) is 0. The van der Waals surface area contributed by atoms with Crippen LogP contribution in [0.2, 0.25) is 0 Å². The van der Waals surface area contributed by atoms with Gasteiger partial charge in [-0.3, -0.25) is 0 Å². The molecule has 0 amide bonds. The van der Waals surface area contributed by atoms with Crippen molar-refractivity contribution >= 4 is 0 Å². The molecule has 75 heavy (non-hydrogen) atoms. The first kappa shape index (κ1) is 60.0. The Morgan fingerprint density at radius 3 is 1.84 bits per heavy atom. The lowest BCUT2D eigenvalue weighted by Crippen LogP contribution is -2.68. The molecule has 0 aromatic carbocycles. The van der Waals surface area contributed by atoms with Crippen LogP contribution in [0.1, 0.15) is 120 Å². The summed E-state index contributed by atoms with van der Waals surface area (Å²) in [5, 5.41) is 154. The molecule has 0 radical (unpaired) electrons. The van der Waals surface area contributed by atoms with Crippen LogP contribution in [-0.4, -0.2) is 232 Å². The minimum atomic E-state index is -1.84. The summed E-state index contributed by atoms with van der Waals surface area (Å²) >= 11 is 0. The zero-order valence-electron chi connectivity index (χ0n) is 44.8. The Hall–Kier alpha value is -1.14. The van der Waals surface area contributed by atoms with Crippen LogP contribution in [0.15, 0.2) is 11.6 Å². The molecule has 0 spiro atoms. The number of aliphatic hydroxyl groups excluding tert-OH is 12. The third kappa shape index (κ3) is 10.3. The first-order valence-corrected chi connectivity index (χ1v) is 27.3. The second kappa shape index (κ2) is 22.3. The molecule has 4 aliphatic heterocycles. The van der Waals surface area contributed by atoms with Gasteiger partial charge in [-0.05, 0) is 124 Å². The lowest BCUT2D eigenvalue weighted by atomic mass is 9.35. The molecule has 14 N–H and O–H groups in total. The Morgan fingerprint density at radius 2 is 1.17 bits per heavy atom. The number of aliphatic hydroxyl groups is 14. The highest BCUT2D eigenvalue weighted by molar-refractivity contribution is 5.23. The summed E-state index contributed by atoms with van der Waals surface area (Å²) in [6.07, 6.45) is -22.4. The number of hydrogen-bond donors (Lipinski definition) is 14. The molecule has 28 unspecified atom stereocenters. The summed E-state index contributed by atoms with van der Waals surface area (Å²) in [5.74, 6) is -0.147. The Balaban J connectivity index is 1.04. The molecule has 28 atom stereocenters. The molecule has 0 bridgehead atoms. The summed E-state index contributed by atoms with van der Waals surface area (Å²) in [6, 6.07) is 0. The van der Waals surface area contributed by atoms with Gasteiger partial charge in [0, 0.05) is 0 Å². The molecular weight excluding hydrogens is 989 g/mol. The van der Waals surface area contributed by atoms with Gasteiger partial charge < -0.3 is 109 Å². The Kier molecular flexibility index (Phi) is 17.8. The van der Waals surface area contributed by atoms with E-state index in [1.54, 1.807) is 0 Å². The van der Waals surface area contributed by atoms with Gasteiger partial charge in [-0.1, -0.05) is 46.3 Å². The van der Waals surface area contributed by atoms with E-state index < -0.39 is 171 Å². The van der Waals surface area contributed by atoms with Crippen molar-refractivity contribution in [1.82, 2.24) is 0 Å². The molecule has 4 heterocycles. The van der Waals surface area contributed by atoms with E-state index in [1.165, 1.54) is 6.92 Å². The van der Waals surface area contributed by atoms with E-state index in [2.05, 4.69) is 34.6 Å². The third-order valence-corrected chi connectivity index (χ3v) is 20.6. The van der Waals surface area contributed by atoms with Gasteiger partial charge in [0.05, 0.1) is 44.2 Å². The van der Waals surface area contributed by atoms with Gasteiger partial charge in [0.2, 0.25) is 0 Å². The predicted octanol–water partition coefficient (Wildman–Crippen LogP) is -1.42. The minimum Gasteiger partial charge on any atom is -0.394 e. The number of rotatable bonds is 15. The zero-order chi connectivity index (χ0) is 55.1. The van der Waals surface area contributed by atoms with E-state index in [1.807, 2.05) is 19.9 Å². The molecule has 8 aliphatic rings. The average molecular weight is 1080 g/mol. The highest BCUT2D eigenvalue weighted by atomic mass is 16.8. The minimum absolute atomic E-state index is 0.0594. The maximum Gasteiger partial charge on any atom is 0.187 e. The van der Waals surface area contributed by atoms with Crippen molar-refractivity contribution in [3.05, 3.63) is 11.6 Å².